The first-order valence-electron chi connectivity index (χ1n) is 9.79. The third kappa shape index (κ3) is 7.93. The second-order valence-corrected chi connectivity index (χ2v) is 6.91. The summed E-state index contributed by atoms with van der Waals surface area (Å²) in [5.74, 6) is 5.21. The lowest BCUT2D eigenvalue weighted by Gasteiger charge is -2.26. The zero-order chi connectivity index (χ0) is 20.2. The largest absolute Gasteiger partial charge is 0.481 e. The van der Waals surface area contributed by atoms with E-state index < -0.39 is 12.1 Å². The van der Waals surface area contributed by atoms with Crippen LogP contribution in [0.5, 0.6) is 0 Å². The number of aromatic nitrogens is 1. The van der Waals surface area contributed by atoms with Crippen molar-refractivity contribution in [3.8, 4) is 11.8 Å². The van der Waals surface area contributed by atoms with Crippen molar-refractivity contribution in [3.63, 3.8) is 0 Å². The minimum atomic E-state index is -0.820. The molecule has 1 aliphatic rings. The Hall–Kier alpha value is -2.65. The second-order valence-electron chi connectivity index (χ2n) is 6.91. The number of carbonyl (C=O) groups excluding carboxylic acids is 1. The third-order valence-corrected chi connectivity index (χ3v) is 4.63. The molecule has 1 saturated heterocycles. The Bertz CT molecular complexity index is 721. The van der Waals surface area contributed by atoms with E-state index in [9.17, 15) is 14.7 Å². The molecule has 0 spiro atoms. The van der Waals surface area contributed by atoms with Crippen molar-refractivity contribution >= 4 is 11.9 Å². The number of likely N-dealkylation sites (tertiary alicyclic amines) is 1. The monoisotopic (exact) mass is 384 g/mol. The van der Waals surface area contributed by atoms with E-state index in [0.717, 1.165) is 25.0 Å². The maximum absolute atomic E-state index is 12.4. The van der Waals surface area contributed by atoms with Crippen molar-refractivity contribution in [1.82, 2.24) is 9.88 Å². The molecule has 1 aromatic rings. The van der Waals surface area contributed by atoms with Crippen LogP contribution >= 0.6 is 0 Å². The molecule has 0 aliphatic carbocycles. The maximum Gasteiger partial charge on any atom is 0.303 e. The number of aliphatic carboxylic acids is 1. The van der Waals surface area contributed by atoms with Crippen molar-refractivity contribution in [2.75, 3.05) is 6.54 Å². The van der Waals surface area contributed by atoms with Crippen molar-refractivity contribution in [3.05, 3.63) is 42.2 Å². The van der Waals surface area contributed by atoms with Gasteiger partial charge in [0.1, 0.15) is 0 Å². The summed E-state index contributed by atoms with van der Waals surface area (Å²) in [5, 5.41) is 18.9. The molecule has 2 heterocycles. The molecule has 28 heavy (non-hydrogen) atoms. The highest BCUT2D eigenvalue weighted by Gasteiger charge is 2.23. The van der Waals surface area contributed by atoms with Gasteiger partial charge in [-0.2, -0.15) is 0 Å². The number of carbonyl (C=O) groups is 2. The Morgan fingerprint density at radius 1 is 1.36 bits per heavy atom. The highest BCUT2D eigenvalue weighted by Crippen LogP contribution is 2.19. The van der Waals surface area contributed by atoms with Crippen molar-refractivity contribution in [2.24, 2.45) is 0 Å². The minimum absolute atomic E-state index is 0.0752. The van der Waals surface area contributed by atoms with Crippen LogP contribution in [0.25, 0.3) is 0 Å². The van der Waals surface area contributed by atoms with Gasteiger partial charge in [0, 0.05) is 37.6 Å². The predicted molar refractivity (Wildman–Crippen MR) is 106 cm³/mol. The summed E-state index contributed by atoms with van der Waals surface area (Å²) in [6.07, 6.45) is 9.44. The lowest BCUT2D eigenvalue weighted by Crippen LogP contribution is -2.38. The molecule has 0 bridgehead atoms. The number of carboxylic acids is 1. The Morgan fingerprint density at radius 2 is 2.21 bits per heavy atom. The Kier molecular flexibility index (Phi) is 9.23. The van der Waals surface area contributed by atoms with E-state index in [1.165, 1.54) is 0 Å². The minimum Gasteiger partial charge on any atom is -0.481 e. The van der Waals surface area contributed by atoms with Gasteiger partial charge in [-0.15, -0.1) is 5.92 Å². The zero-order valence-corrected chi connectivity index (χ0v) is 16.1. The Morgan fingerprint density at radius 3 is 2.96 bits per heavy atom. The number of aliphatic hydroxyl groups excluding tert-OH is 1. The summed E-state index contributed by atoms with van der Waals surface area (Å²) in [7, 11) is 0. The van der Waals surface area contributed by atoms with Gasteiger partial charge in [0.15, 0.2) is 0 Å². The van der Waals surface area contributed by atoms with Crippen LogP contribution in [0.4, 0.5) is 0 Å². The summed E-state index contributed by atoms with van der Waals surface area (Å²) in [6.45, 7) is 0.331. The smallest absolute Gasteiger partial charge is 0.303 e. The molecule has 6 nitrogen and oxygen atoms in total. The van der Waals surface area contributed by atoms with E-state index in [0.29, 0.717) is 32.2 Å². The fourth-order valence-corrected chi connectivity index (χ4v) is 3.13. The summed E-state index contributed by atoms with van der Waals surface area (Å²) >= 11 is 0. The van der Waals surface area contributed by atoms with Gasteiger partial charge in [0.05, 0.1) is 18.7 Å². The van der Waals surface area contributed by atoms with Crippen LogP contribution in [0.3, 0.4) is 0 Å². The zero-order valence-electron chi connectivity index (χ0n) is 16.1. The van der Waals surface area contributed by atoms with Crippen LogP contribution < -0.4 is 0 Å². The second kappa shape index (κ2) is 11.9. The van der Waals surface area contributed by atoms with E-state index in [-0.39, 0.29) is 18.4 Å². The summed E-state index contributed by atoms with van der Waals surface area (Å²) < 4.78 is 0. The van der Waals surface area contributed by atoms with E-state index in [1.54, 1.807) is 17.2 Å². The van der Waals surface area contributed by atoms with Crippen molar-refractivity contribution in [2.45, 2.75) is 63.5 Å². The van der Waals surface area contributed by atoms with Crippen molar-refractivity contribution in [1.29, 1.82) is 0 Å². The van der Waals surface area contributed by atoms with Crippen LogP contribution in [0.2, 0.25) is 0 Å². The number of rotatable bonds is 8. The lowest BCUT2D eigenvalue weighted by atomic mass is 10.1. The van der Waals surface area contributed by atoms with Crippen LogP contribution in [0, 0.1) is 11.8 Å². The molecule has 2 atom stereocenters. The SMILES string of the molecule is O=C(O)CCCC#CCN1C(=O)CCCC[C@@H]1/C=C/C(O)Cc1ccccn1. The number of aliphatic hydroxyl groups is 1. The Balaban J connectivity index is 1.93. The fourth-order valence-electron chi connectivity index (χ4n) is 3.13. The van der Waals surface area contributed by atoms with Crippen LogP contribution in [-0.4, -0.2) is 50.7 Å². The third-order valence-electron chi connectivity index (χ3n) is 4.63. The number of amides is 1. The fraction of sp³-hybridized carbons (Fsp3) is 0.500. The normalized spacial score (nSPS) is 18.4. The van der Waals surface area contributed by atoms with Gasteiger partial charge in [-0.25, -0.2) is 0 Å². The first-order chi connectivity index (χ1) is 13.6. The van der Waals surface area contributed by atoms with Gasteiger partial charge in [-0.1, -0.05) is 30.6 Å². The quantitative estimate of drug-likeness (QED) is 0.408. The molecular formula is C22H28N2O4. The summed E-state index contributed by atoms with van der Waals surface area (Å²) in [5.41, 5.74) is 0.820. The topological polar surface area (TPSA) is 90.7 Å². The van der Waals surface area contributed by atoms with Gasteiger partial charge in [0.2, 0.25) is 5.91 Å². The number of hydrogen-bond acceptors (Lipinski definition) is 4. The van der Waals surface area contributed by atoms with Crippen LogP contribution in [0.15, 0.2) is 36.5 Å². The number of carboxylic acid groups (broad SMARTS) is 1. The first kappa shape index (κ1) is 21.6. The number of nitrogens with zero attached hydrogens (tertiary/aromatic N) is 2. The summed E-state index contributed by atoms with van der Waals surface area (Å²) in [6, 6.07) is 5.52. The molecule has 2 N–H and O–H groups in total. The number of hydrogen-bond donors (Lipinski definition) is 2. The van der Waals surface area contributed by atoms with Crippen LogP contribution in [-0.2, 0) is 16.0 Å². The molecule has 0 saturated carbocycles. The molecule has 1 amide bonds. The van der Waals surface area contributed by atoms with E-state index >= 15 is 0 Å². The van der Waals surface area contributed by atoms with Gasteiger partial charge < -0.3 is 15.1 Å². The van der Waals surface area contributed by atoms with Crippen LogP contribution in [0.1, 0.15) is 50.6 Å². The average Bonchev–Trinajstić information content (AvgIpc) is 2.85. The highest BCUT2D eigenvalue weighted by atomic mass is 16.4. The molecule has 1 aliphatic heterocycles. The molecule has 1 aromatic heterocycles. The first-order valence-corrected chi connectivity index (χ1v) is 9.79. The molecule has 1 unspecified atom stereocenters. The average molecular weight is 384 g/mol. The van der Waals surface area contributed by atoms with Gasteiger partial charge in [-0.05, 0) is 31.4 Å². The van der Waals surface area contributed by atoms with E-state index in [2.05, 4.69) is 16.8 Å². The molecule has 1 fully saturated rings. The molecule has 2 rings (SSSR count). The Labute approximate surface area is 166 Å². The van der Waals surface area contributed by atoms with E-state index in [4.69, 9.17) is 5.11 Å². The highest BCUT2D eigenvalue weighted by molar-refractivity contribution is 5.77. The van der Waals surface area contributed by atoms with E-state index in [1.807, 2.05) is 24.3 Å². The molecule has 6 heteroatoms. The maximum atomic E-state index is 12.4. The molecule has 150 valence electrons. The molecule has 0 aromatic carbocycles. The molecular weight excluding hydrogens is 356 g/mol. The predicted octanol–water partition coefficient (Wildman–Crippen LogP) is 2.57. The standard InChI is InChI=1S/C22H28N2O4/c25-20(17-18-9-6-7-15-23-18)14-13-19-10-4-5-11-21(26)24(19)16-8-2-1-3-12-22(27)28/h6-7,9,13-15,19-20,25H,1,3-5,10-12,16-17H2,(H,27,28)/b14-13+/t19-,20?/m1/s1. The summed E-state index contributed by atoms with van der Waals surface area (Å²) in [4.78, 5) is 28.9. The number of unbranched alkanes of at least 4 members (excludes halogenated alkanes) is 1. The van der Waals surface area contributed by atoms with Gasteiger partial charge in [0.25, 0.3) is 0 Å². The number of pyridine rings is 1. The van der Waals surface area contributed by atoms with Crippen molar-refractivity contribution < 1.29 is 19.8 Å². The lowest BCUT2D eigenvalue weighted by molar-refractivity contribution is -0.137. The molecule has 0 radical (unpaired) electrons. The van der Waals surface area contributed by atoms with Gasteiger partial charge in [-0.3, -0.25) is 14.6 Å². The van der Waals surface area contributed by atoms with Gasteiger partial charge >= 0.3 is 5.97 Å².